The zero-order chi connectivity index (χ0) is 16.6. The number of hydrogen-bond donors (Lipinski definition) is 2. The van der Waals surface area contributed by atoms with Gasteiger partial charge >= 0.3 is 6.03 Å². The number of rotatable bonds is 6. The molecule has 2 amide bonds. The smallest absolute Gasteiger partial charge is 0.315 e. The van der Waals surface area contributed by atoms with Crippen LogP contribution in [-0.2, 0) is 13.1 Å². The summed E-state index contributed by atoms with van der Waals surface area (Å²) >= 11 is 0. The van der Waals surface area contributed by atoms with E-state index in [4.69, 9.17) is 4.42 Å². The van der Waals surface area contributed by atoms with Crippen molar-refractivity contribution in [2.45, 2.75) is 25.9 Å². The molecule has 2 aromatic rings. The number of nitrogens with zero attached hydrogens (tertiary/aromatic N) is 1. The Labute approximate surface area is 143 Å². The van der Waals surface area contributed by atoms with Gasteiger partial charge in [-0.2, -0.15) is 0 Å². The Morgan fingerprint density at radius 2 is 2.04 bits per heavy atom. The van der Waals surface area contributed by atoms with Gasteiger partial charge in [0, 0.05) is 31.7 Å². The van der Waals surface area contributed by atoms with Gasteiger partial charge in [0.25, 0.3) is 0 Å². The molecule has 24 heavy (non-hydrogen) atoms. The maximum atomic E-state index is 11.9. The average molecular weight is 327 g/mol. The number of amides is 2. The number of furan rings is 1. The molecule has 0 radical (unpaired) electrons. The first kappa shape index (κ1) is 16.6. The molecule has 5 heteroatoms. The number of carbonyl (C=O) groups is 1. The molecule has 128 valence electrons. The molecule has 0 aliphatic carbocycles. The van der Waals surface area contributed by atoms with E-state index in [1.165, 1.54) is 18.4 Å². The van der Waals surface area contributed by atoms with Crippen LogP contribution in [0.5, 0.6) is 0 Å². The number of likely N-dealkylation sites (tertiary alicyclic amines) is 1. The van der Waals surface area contributed by atoms with Crippen molar-refractivity contribution in [2.75, 3.05) is 19.6 Å². The van der Waals surface area contributed by atoms with Gasteiger partial charge in [-0.25, -0.2) is 4.79 Å². The standard InChI is InChI=1S/C19H25N3O2/c23-19(21-12-18-8-10-24-15-18)20-11-17-7-4-9-22(14-17)13-16-5-2-1-3-6-16/h1-3,5-6,8,10,15,17H,4,7,9,11-14H2,(H2,20,21,23)/t17-/m0/s1. The topological polar surface area (TPSA) is 57.5 Å². The van der Waals surface area contributed by atoms with E-state index < -0.39 is 0 Å². The SMILES string of the molecule is O=C(NCc1ccoc1)NC[C@@H]1CCCN(Cc2ccccc2)C1. The van der Waals surface area contributed by atoms with Crippen molar-refractivity contribution in [2.24, 2.45) is 5.92 Å². The highest BCUT2D eigenvalue weighted by Gasteiger charge is 2.20. The molecule has 1 saturated heterocycles. The van der Waals surface area contributed by atoms with Crippen molar-refractivity contribution in [3.63, 3.8) is 0 Å². The van der Waals surface area contributed by atoms with E-state index in [1.807, 2.05) is 6.07 Å². The second kappa shape index (κ2) is 8.55. The van der Waals surface area contributed by atoms with Crippen molar-refractivity contribution in [1.82, 2.24) is 15.5 Å². The first-order valence-electron chi connectivity index (χ1n) is 8.58. The van der Waals surface area contributed by atoms with Gasteiger partial charge in [0.15, 0.2) is 0 Å². The summed E-state index contributed by atoms with van der Waals surface area (Å²) in [6.45, 7) is 4.38. The maximum Gasteiger partial charge on any atom is 0.315 e. The van der Waals surface area contributed by atoms with Crippen LogP contribution in [0.25, 0.3) is 0 Å². The van der Waals surface area contributed by atoms with Gasteiger partial charge in [-0.05, 0) is 36.9 Å². The summed E-state index contributed by atoms with van der Waals surface area (Å²) in [6.07, 6.45) is 5.62. The summed E-state index contributed by atoms with van der Waals surface area (Å²) in [5.74, 6) is 0.516. The van der Waals surface area contributed by atoms with Crippen LogP contribution in [0.15, 0.2) is 53.3 Å². The largest absolute Gasteiger partial charge is 0.472 e. The van der Waals surface area contributed by atoms with Crippen LogP contribution in [0, 0.1) is 5.92 Å². The molecule has 5 nitrogen and oxygen atoms in total. The third-order valence-electron chi connectivity index (χ3n) is 4.44. The zero-order valence-corrected chi connectivity index (χ0v) is 13.9. The first-order chi connectivity index (χ1) is 11.8. The molecule has 0 bridgehead atoms. The minimum absolute atomic E-state index is 0.114. The Balaban J connectivity index is 1.38. The molecule has 0 saturated carbocycles. The van der Waals surface area contributed by atoms with Gasteiger partial charge in [0.1, 0.15) is 0 Å². The molecule has 1 aromatic carbocycles. The zero-order valence-electron chi connectivity index (χ0n) is 13.9. The van der Waals surface area contributed by atoms with Gasteiger partial charge in [-0.1, -0.05) is 30.3 Å². The van der Waals surface area contributed by atoms with Crippen molar-refractivity contribution in [3.8, 4) is 0 Å². The van der Waals surface area contributed by atoms with Crippen molar-refractivity contribution in [1.29, 1.82) is 0 Å². The Hall–Kier alpha value is -2.27. The van der Waals surface area contributed by atoms with E-state index >= 15 is 0 Å². The molecule has 3 rings (SSSR count). The number of hydrogen-bond acceptors (Lipinski definition) is 3. The van der Waals surface area contributed by atoms with Crippen LogP contribution in [0.1, 0.15) is 24.0 Å². The van der Waals surface area contributed by atoms with Gasteiger partial charge < -0.3 is 15.1 Å². The third kappa shape index (κ3) is 5.13. The third-order valence-corrected chi connectivity index (χ3v) is 4.44. The number of benzene rings is 1. The van der Waals surface area contributed by atoms with Crippen LogP contribution in [0.4, 0.5) is 4.79 Å². The Morgan fingerprint density at radius 1 is 1.17 bits per heavy atom. The minimum Gasteiger partial charge on any atom is -0.472 e. The predicted molar refractivity (Wildman–Crippen MR) is 93.4 cm³/mol. The normalized spacial score (nSPS) is 18.2. The Morgan fingerprint density at radius 3 is 2.83 bits per heavy atom. The molecule has 1 atom stereocenters. The Bertz CT molecular complexity index is 613. The lowest BCUT2D eigenvalue weighted by atomic mass is 9.97. The van der Waals surface area contributed by atoms with Crippen LogP contribution < -0.4 is 10.6 Å². The lowest BCUT2D eigenvalue weighted by Gasteiger charge is -2.32. The summed E-state index contributed by atoms with van der Waals surface area (Å²) in [6, 6.07) is 12.3. The van der Waals surface area contributed by atoms with Crippen LogP contribution in [0.2, 0.25) is 0 Å². The molecule has 1 aliphatic rings. The highest BCUT2D eigenvalue weighted by molar-refractivity contribution is 5.73. The summed E-state index contributed by atoms with van der Waals surface area (Å²) < 4.78 is 4.99. The predicted octanol–water partition coefficient (Wildman–Crippen LogP) is 2.99. The van der Waals surface area contributed by atoms with Crippen molar-refractivity contribution >= 4 is 6.03 Å². The highest BCUT2D eigenvalue weighted by Crippen LogP contribution is 2.18. The maximum absolute atomic E-state index is 11.9. The fourth-order valence-electron chi connectivity index (χ4n) is 3.18. The van der Waals surface area contributed by atoms with Gasteiger partial charge in [0.05, 0.1) is 12.5 Å². The quantitative estimate of drug-likeness (QED) is 0.857. The highest BCUT2D eigenvalue weighted by atomic mass is 16.3. The van der Waals surface area contributed by atoms with Gasteiger partial charge in [0.2, 0.25) is 0 Å². The second-order valence-electron chi connectivity index (χ2n) is 6.42. The molecule has 2 heterocycles. The lowest BCUT2D eigenvalue weighted by molar-refractivity contribution is 0.165. The van der Waals surface area contributed by atoms with Crippen LogP contribution in [0.3, 0.4) is 0 Å². The first-order valence-corrected chi connectivity index (χ1v) is 8.58. The summed E-state index contributed by atoms with van der Waals surface area (Å²) in [4.78, 5) is 14.4. The van der Waals surface area contributed by atoms with E-state index in [1.54, 1.807) is 12.5 Å². The molecular weight excluding hydrogens is 302 g/mol. The summed E-state index contributed by atoms with van der Waals surface area (Å²) in [5, 5.41) is 5.84. The Kier molecular flexibility index (Phi) is 5.90. The van der Waals surface area contributed by atoms with Crippen LogP contribution >= 0.6 is 0 Å². The van der Waals surface area contributed by atoms with Gasteiger partial charge in [-0.15, -0.1) is 0 Å². The molecule has 1 aliphatic heterocycles. The lowest BCUT2D eigenvalue weighted by Crippen LogP contribution is -2.43. The number of piperidine rings is 1. The average Bonchev–Trinajstić information content (AvgIpc) is 3.13. The number of nitrogens with one attached hydrogen (secondary N) is 2. The van der Waals surface area contributed by atoms with Crippen molar-refractivity contribution in [3.05, 3.63) is 60.1 Å². The van der Waals surface area contributed by atoms with E-state index in [9.17, 15) is 4.79 Å². The van der Waals surface area contributed by atoms with E-state index in [0.29, 0.717) is 12.5 Å². The molecule has 0 spiro atoms. The fraction of sp³-hybridized carbons (Fsp3) is 0.421. The molecule has 1 aromatic heterocycles. The van der Waals surface area contributed by atoms with Crippen LogP contribution in [-0.4, -0.2) is 30.6 Å². The second-order valence-corrected chi connectivity index (χ2v) is 6.42. The summed E-state index contributed by atoms with van der Waals surface area (Å²) in [5.41, 5.74) is 2.32. The van der Waals surface area contributed by atoms with Gasteiger partial charge in [-0.3, -0.25) is 4.90 Å². The minimum atomic E-state index is -0.114. The van der Waals surface area contributed by atoms with E-state index in [2.05, 4.69) is 45.9 Å². The summed E-state index contributed by atoms with van der Waals surface area (Å²) in [7, 11) is 0. The van der Waals surface area contributed by atoms with E-state index in [-0.39, 0.29) is 6.03 Å². The monoisotopic (exact) mass is 327 g/mol. The molecule has 1 fully saturated rings. The van der Waals surface area contributed by atoms with Crippen molar-refractivity contribution < 1.29 is 9.21 Å². The fourth-order valence-corrected chi connectivity index (χ4v) is 3.18. The molecular formula is C19H25N3O2. The number of urea groups is 1. The van der Waals surface area contributed by atoms with E-state index in [0.717, 1.165) is 31.7 Å². The molecule has 2 N–H and O–H groups in total. The number of carbonyl (C=O) groups excluding carboxylic acids is 1. The molecule has 0 unspecified atom stereocenters.